The molecule has 1 saturated carbocycles. The lowest BCUT2D eigenvalue weighted by Crippen LogP contribution is -2.43. The van der Waals surface area contributed by atoms with Crippen LogP contribution in [0.25, 0.3) is 0 Å². The van der Waals surface area contributed by atoms with Gasteiger partial charge in [-0.1, -0.05) is 111 Å². The van der Waals surface area contributed by atoms with Crippen molar-refractivity contribution in [3.05, 3.63) is 107 Å². The highest BCUT2D eigenvalue weighted by Gasteiger charge is 2.50. The fourth-order valence-corrected chi connectivity index (χ4v) is 13.1. The minimum atomic E-state index is 0.530. The van der Waals surface area contributed by atoms with Gasteiger partial charge in [0.1, 0.15) is 0 Å². The van der Waals surface area contributed by atoms with E-state index in [1.54, 1.807) is 28.1 Å². The zero-order chi connectivity index (χ0) is 33.0. The lowest BCUT2D eigenvalue weighted by Gasteiger charge is -2.41. The Kier molecular flexibility index (Phi) is 8.74. The molecule has 0 bridgehead atoms. The minimum Gasteiger partial charge on any atom is -0.367 e. The fourth-order valence-electron chi connectivity index (χ4n) is 13.1. The first-order chi connectivity index (χ1) is 24.8. The molecule has 10 rings (SSSR count). The van der Waals surface area contributed by atoms with Gasteiger partial charge in [-0.15, -0.1) is 0 Å². The third-order valence-corrected chi connectivity index (χ3v) is 15.5. The average Bonchev–Trinajstić information content (AvgIpc) is 3.71. The highest BCUT2D eigenvalue weighted by molar-refractivity contribution is 5.51. The van der Waals surface area contributed by atoms with Gasteiger partial charge in [0.25, 0.3) is 0 Å². The summed E-state index contributed by atoms with van der Waals surface area (Å²) in [6, 6.07) is 2.57. The third-order valence-electron chi connectivity index (χ3n) is 15.5. The summed E-state index contributed by atoms with van der Waals surface area (Å²) in [7, 11) is 0. The highest BCUT2D eigenvalue weighted by Crippen LogP contribution is 2.53. The molecule has 10 aliphatic rings. The van der Waals surface area contributed by atoms with Gasteiger partial charge in [-0.3, -0.25) is 0 Å². The maximum atomic E-state index is 3.01. The molecule has 0 aromatic heterocycles. The molecule has 0 spiro atoms. The first-order valence-electron chi connectivity index (χ1n) is 21.6. The van der Waals surface area contributed by atoms with E-state index < -0.39 is 0 Å². The second-order valence-electron chi connectivity index (χ2n) is 18.0. The van der Waals surface area contributed by atoms with Gasteiger partial charge >= 0.3 is 0 Å². The summed E-state index contributed by atoms with van der Waals surface area (Å²) in [5.41, 5.74) is 10.1. The number of hydrogen-bond acceptors (Lipinski definition) is 2. The van der Waals surface area contributed by atoms with E-state index in [1.807, 2.05) is 5.57 Å². The van der Waals surface area contributed by atoms with E-state index in [1.165, 1.54) is 128 Å². The van der Waals surface area contributed by atoms with Crippen molar-refractivity contribution in [1.29, 1.82) is 0 Å². The van der Waals surface area contributed by atoms with E-state index in [0.29, 0.717) is 41.9 Å². The Balaban J connectivity index is 0.950. The van der Waals surface area contributed by atoms with Gasteiger partial charge in [0.05, 0.1) is 6.04 Å². The summed E-state index contributed by atoms with van der Waals surface area (Å²) < 4.78 is 0. The van der Waals surface area contributed by atoms with Gasteiger partial charge in [0.15, 0.2) is 0 Å². The van der Waals surface area contributed by atoms with E-state index in [9.17, 15) is 0 Å². The SMILES string of the molecule is C1=CC2=C(CC1)N(C1CC=CCC1)C1CCC(C3=CC4C5C=C(C6CC=CCC6)CCC5N(C5=CCC(C6CCCCC6)CC5)C4C=C3)=CC21. The number of allylic oxidation sites excluding steroid dienone is 12. The van der Waals surface area contributed by atoms with Crippen LogP contribution in [0.2, 0.25) is 0 Å². The van der Waals surface area contributed by atoms with Crippen LogP contribution in [0.15, 0.2) is 107 Å². The highest BCUT2D eigenvalue weighted by atomic mass is 15.2. The Morgan fingerprint density at radius 3 is 2.28 bits per heavy atom. The Morgan fingerprint density at radius 1 is 0.580 bits per heavy atom. The van der Waals surface area contributed by atoms with Crippen molar-refractivity contribution in [1.82, 2.24) is 9.80 Å². The molecule has 2 heteroatoms. The molecule has 8 aliphatic carbocycles. The van der Waals surface area contributed by atoms with Crippen molar-refractivity contribution < 1.29 is 0 Å². The number of rotatable bonds is 5. The molecule has 9 atom stereocenters. The van der Waals surface area contributed by atoms with Gasteiger partial charge in [0, 0.05) is 47.3 Å². The smallest absolute Gasteiger partial charge is 0.0546 e. The topological polar surface area (TPSA) is 6.48 Å². The summed E-state index contributed by atoms with van der Waals surface area (Å²) in [6.45, 7) is 0. The van der Waals surface area contributed by atoms with E-state index in [2.05, 4.69) is 82.7 Å². The molecular weight excluding hydrogens is 605 g/mol. The van der Waals surface area contributed by atoms with Crippen molar-refractivity contribution in [2.24, 2.45) is 35.5 Å². The van der Waals surface area contributed by atoms with Crippen LogP contribution in [-0.2, 0) is 0 Å². The van der Waals surface area contributed by atoms with Crippen LogP contribution in [0.3, 0.4) is 0 Å². The number of likely N-dealkylation sites (tertiary alicyclic amines) is 1. The van der Waals surface area contributed by atoms with E-state index in [-0.39, 0.29) is 0 Å². The molecule has 0 amide bonds. The fraction of sp³-hybridized carbons (Fsp3) is 0.625. The third kappa shape index (κ3) is 5.65. The summed E-state index contributed by atoms with van der Waals surface area (Å²) in [6.07, 6.45) is 58.2. The van der Waals surface area contributed by atoms with Crippen molar-refractivity contribution >= 4 is 0 Å². The zero-order valence-electron chi connectivity index (χ0n) is 30.7. The Labute approximate surface area is 303 Å². The first-order valence-corrected chi connectivity index (χ1v) is 21.6. The summed E-state index contributed by atoms with van der Waals surface area (Å²) >= 11 is 0. The lowest BCUT2D eigenvalue weighted by molar-refractivity contribution is 0.159. The van der Waals surface area contributed by atoms with Crippen molar-refractivity contribution in [2.75, 3.05) is 0 Å². The van der Waals surface area contributed by atoms with Crippen molar-refractivity contribution in [3.63, 3.8) is 0 Å². The molecule has 9 unspecified atom stereocenters. The predicted octanol–water partition coefficient (Wildman–Crippen LogP) is 11.8. The van der Waals surface area contributed by atoms with Crippen molar-refractivity contribution in [3.8, 4) is 0 Å². The molecule has 0 radical (unpaired) electrons. The molecule has 2 heterocycles. The van der Waals surface area contributed by atoms with Crippen LogP contribution in [0.5, 0.6) is 0 Å². The van der Waals surface area contributed by atoms with Gasteiger partial charge in [-0.2, -0.15) is 0 Å². The zero-order valence-corrected chi connectivity index (χ0v) is 30.7. The second-order valence-corrected chi connectivity index (χ2v) is 18.0. The normalized spacial score (nSPS) is 39.7. The molecule has 2 fully saturated rings. The second kappa shape index (κ2) is 13.7. The molecular formula is C48H62N2. The first kappa shape index (κ1) is 32.0. The molecule has 264 valence electrons. The Morgan fingerprint density at radius 2 is 1.46 bits per heavy atom. The van der Waals surface area contributed by atoms with Gasteiger partial charge in [0.2, 0.25) is 0 Å². The van der Waals surface area contributed by atoms with E-state index in [4.69, 9.17) is 0 Å². The quantitative estimate of drug-likeness (QED) is 0.269. The Hall–Kier alpha value is -2.74. The molecule has 0 aromatic rings. The largest absolute Gasteiger partial charge is 0.367 e. The van der Waals surface area contributed by atoms with Crippen LogP contribution in [0.1, 0.15) is 128 Å². The summed E-state index contributed by atoms with van der Waals surface area (Å²) in [5, 5.41) is 0. The average molecular weight is 667 g/mol. The van der Waals surface area contributed by atoms with Gasteiger partial charge in [-0.05, 0) is 131 Å². The van der Waals surface area contributed by atoms with Crippen LogP contribution in [0, 0.1) is 35.5 Å². The van der Waals surface area contributed by atoms with E-state index in [0.717, 1.165) is 17.8 Å². The predicted molar refractivity (Wildman–Crippen MR) is 208 cm³/mol. The van der Waals surface area contributed by atoms with Gasteiger partial charge < -0.3 is 9.80 Å². The lowest BCUT2D eigenvalue weighted by atomic mass is 9.72. The molecule has 0 aromatic carbocycles. The minimum absolute atomic E-state index is 0.530. The summed E-state index contributed by atoms with van der Waals surface area (Å²) in [5.74, 6) is 4.55. The van der Waals surface area contributed by atoms with Crippen LogP contribution in [-0.4, -0.2) is 34.0 Å². The maximum Gasteiger partial charge on any atom is 0.0546 e. The summed E-state index contributed by atoms with van der Waals surface area (Å²) in [4.78, 5) is 5.96. The van der Waals surface area contributed by atoms with E-state index >= 15 is 0 Å². The number of nitrogens with zero attached hydrogens (tertiary/aromatic N) is 2. The van der Waals surface area contributed by atoms with Crippen LogP contribution >= 0.6 is 0 Å². The molecule has 2 aliphatic heterocycles. The van der Waals surface area contributed by atoms with Crippen molar-refractivity contribution in [2.45, 2.75) is 153 Å². The number of fused-ring (bicyclic) bond motifs is 5. The molecule has 0 N–H and O–H groups in total. The van der Waals surface area contributed by atoms with Gasteiger partial charge in [-0.25, -0.2) is 0 Å². The number of hydrogen-bond donors (Lipinski definition) is 0. The monoisotopic (exact) mass is 666 g/mol. The Bertz CT molecular complexity index is 1600. The molecule has 50 heavy (non-hydrogen) atoms. The maximum absolute atomic E-state index is 3.01. The van der Waals surface area contributed by atoms with Crippen LogP contribution in [0.4, 0.5) is 0 Å². The molecule has 2 nitrogen and oxygen atoms in total. The molecule has 1 saturated heterocycles. The van der Waals surface area contributed by atoms with Crippen LogP contribution < -0.4 is 0 Å². The standard InChI is InChI=1S/C48H62N2/c1-4-12-33(13-5-1)35-20-25-40(26-21-35)50-47-27-22-36(34-14-6-2-7-15-34)30-43(47)44-32-38(24-29-48(44)50)37-23-28-46-42(31-37)41-18-10-11-19-45(41)49(46)39-16-8-3-9-17-39/h2-3,6,8,10,18,24-25,29-35,39,42-44,46-48H,1,4-5,7,9,11-17,19-23,26-28H2.